The fourth-order valence-corrected chi connectivity index (χ4v) is 2.02. The van der Waals surface area contributed by atoms with Crippen molar-refractivity contribution in [2.75, 3.05) is 26.4 Å². The number of fused-ring (bicyclic) bond motifs is 1. The summed E-state index contributed by atoms with van der Waals surface area (Å²) >= 11 is 0. The molecule has 0 spiro atoms. The molecule has 1 aliphatic rings. The minimum atomic E-state index is 0.285. The fraction of sp³-hybridized carbons (Fsp3) is 0.429. The molecule has 0 bridgehead atoms. The molecule has 0 saturated heterocycles. The summed E-state index contributed by atoms with van der Waals surface area (Å²) in [6.45, 7) is 7.21. The Morgan fingerprint density at radius 3 is 3.24 bits per heavy atom. The fourth-order valence-electron chi connectivity index (χ4n) is 2.02. The minimum Gasteiger partial charge on any atom is -0.376 e. The average molecular weight is 233 g/mol. The first kappa shape index (κ1) is 12.3. The molecule has 1 aromatic rings. The standard InChI is InChI=1S/C14H19NO2/c1-2-8-16-9-7-15-14-11-17-10-12-5-3-4-6-13(12)14/h2-6,14-15H,1,7-11H2. The van der Waals surface area contributed by atoms with Crippen molar-refractivity contribution < 1.29 is 9.47 Å². The summed E-state index contributed by atoms with van der Waals surface area (Å²) in [7, 11) is 0. The maximum atomic E-state index is 5.57. The lowest BCUT2D eigenvalue weighted by atomic mass is 9.99. The number of rotatable bonds is 6. The third-order valence-electron chi connectivity index (χ3n) is 2.85. The highest BCUT2D eigenvalue weighted by molar-refractivity contribution is 5.30. The number of hydrogen-bond acceptors (Lipinski definition) is 3. The Labute approximate surface area is 102 Å². The largest absolute Gasteiger partial charge is 0.376 e. The molecule has 1 aromatic carbocycles. The van der Waals surface area contributed by atoms with Gasteiger partial charge < -0.3 is 14.8 Å². The van der Waals surface area contributed by atoms with Crippen LogP contribution >= 0.6 is 0 Å². The highest BCUT2D eigenvalue weighted by Gasteiger charge is 2.19. The highest BCUT2D eigenvalue weighted by atomic mass is 16.5. The lowest BCUT2D eigenvalue weighted by Gasteiger charge is -2.26. The lowest BCUT2D eigenvalue weighted by Crippen LogP contribution is -2.32. The molecule has 0 radical (unpaired) electrons. The lowest BCUT2D eigenvalue weighted by molar-refractivity contribution is 0.0778. The first-order valence-corrected chi connectivity index (χ1v) is 5.99. The van der Waals surface area contributed by atoms with Gasteiger partial charge in [0, 0.05) is 6.54 Å². The summed E-state index contributed by atoms with van der Waals surface area (Å²) < 4.78 is 10.9. The first-order valence-electron chi connectivity index (χ1n) is 5.99. The van der Waals surface area contributed by atoms with E-state index in [2.05, 4.69) is 36.2 Å². The van der Waals surface area contributed by atoms with Gasteiger partial charge in [-0.1, -0.05) is 30.3 Å². The molecule has 1 N–H and O–H groups in total. The monoisotopic (exact) mass is 233 g/mol. The van der Waals surface area contributed by atoms with Crippen LogP contribution in [0.2, 0.25) is 0 Å². The van der Waals surface area contributed by atoms with E-state index in [1.165, 1.54) is 11.1 Å². The van der Waals surface area contributed by atoms with Crippen LogP contribution in [0.5, 0.6) is 0 Å². The quantitative estimate of drug-likeness (QED) is 0.602. The number of nitrogens with one attached hydrogen (secondary N) is 1. The van der Waals surface area contributed by atoms with Crippen LogP contribution in [0.15, 0.2) is 36.9 Å². The third kappa shape index (κ3) is 3.40. The van der Waals surface area contributed by atoms with E-state index >= 15 is 0 Å². The van der Waals surface area contributed by atoms with Gasteiger partial charge in [0.2, 0.25) is 0 Å². The van der Waals surface area contributed by atoms with E-state index in [-0.39, 0.29) is 6.04 Å². The second-order valence-electron chi connectivity index (χ2n) is 4.08. The Morgan fingerprint density at radius 1 is 1.47 bits per heavy atom. The van der Waals surface area contributed by atoms with Gasteiger partial charge in [0.25, 0.3) is 0 Å². The molecular formula is C14H19NO2. The maximum absolute atomic E-state index is 5.57. The number of benzene rings is 1. The van der Waals surface area contributed by atoms with Crippen LogP contribution in [0.25, 0.3) is 0 Å². The van der Waals surface area contributed by atoms with Crippen LogP contribution in [0.3, 0.4) is 0 Å². The summed E-state index contributed by atoms with van der Waals surface area (Å²) in [5.41, 5.74) is 2.63. The number of hydrogen-bond donors (Lipinski definition) is 1. The van der Waals surface area contributed by atoms with E-state index < -0.39 is 0 Å². The van der Waals surface area contributed by atoms with Crippen LogP contribution in [0, 0.1) is 0 Å². The van der Waals surface area contributed by atoms with Crippen molar-refractivity contribution in [3.8, 4) is 0 Å². The predicted molar refractivity (Wildman–Crippen MR) is 67.9 cm³/mol. The first-order chi connectivity index (χ1) is 8.42. The van der Waals surface area contributed by atoms with Gasteiger partial charge in [0.05, 0.1) is 32.5 Å². The van der Waals surface area contributed by atoms with Gasteiger partial charge >= 0.3 is 0 Å². The SMILES string of the molecule is C=CCOCCNC1COCc2ccccc21. The van der Waals surface area contributed by atoms with E-state index in [4.69, 9.17) is 9.47 Å². The number of ether oxygens (including phenoxy) is 2. The highest BCUT2D eigenvalue weighted by Crippen LogP contribution is 2.23. The summed E-state index contributed by atoms with van der Waals surface area (Å²) in [5, 5.41) is 3.45. The van der Waals surface area contributed by atoms with Crippen LogP contribution in [-0.2, 0) is 16.1 Å². The van der Waals surface area contributed by atoms with Crippen molar-refractivity contribution in [3.05, 3.63) is 48.0 Å². The zero-order valence-corrected chi connectivity index (χ0v) is 10.0. The van der Waals surface area contributed by atoms with Gasteiger partial charge in [-0.15, -0.1) is 6.58 Å². The van der Waals surface area contributed by atoms with Crippen molar-refractivity contribution >= 4 is 0 Å². The molecule has 1 aliphatic heterocycles. The van der Waals surface area contributed by atoms with Crippen molar-refractivity contribution in [2.45, 2.75) is 12.6 Å². The molecule has 1 unspecified atom stereocenters. The topological polar surface area (TPSA) is 30.5 Å². The van der Waals surface area contributed by atoms with Gasteiger partial charge in [-0.25, -0.2) is 0 Å². The summed E-state index contributed by atoms with van der Waals surface area (Å²) in [6.07, 6.45) is 1.76. The zero-order chi connectivity index (χ0) is 11.9. The van der Waals surface area contributed by atoms with Crippen LogP contribution in [0.1, 0.15) is 17.2 Å². The third-order valence-corrected chi connectivity index (χ3v) is 2.85. The molecule has 92 valence electrons. The molecule has 1 atom stereocenters. The minimum absolute atomic E-state index is 0.285. The van der Waals surface area contributed by atoms with E-state index in [0.717, 1.165) is 19.8 Å². The molecule has 2 rings (SSSR count). The Kier molecular flexibility index (Phi) is 4.74. The van der Waals surface area contributed by atoms with Crippen LogP contribution in [-0.4, -0.2) is 26.4 Å². The van der Waals surface area contributed by atoms with Gasteiger partial charge in [-0.05, 0) is 11.1 Å². The maximum Gasteiger partial charge on any atom is 0.0721 e. The van der Waals surface area contributed by atoms with E-state index in [9.17, 15) is 0 Å². The van der Waals surface area contributed by atoms with Gasteiger partial charge in [-0.2, -0.15) is 0 Å². The van der Waals surface area contributed by atoms with E-state index in [1.807, 2.05) is 0 Å². The van der Waals surface area contributed by atoms with Crippen molar-refractivity contribution in [1.82, 2.24) is 5.32 Å². The van der Waals surface area contributed by atoms with Gasteiger partial charge in [0.1, 0.15) is 0 Å². The Hall–Kier alpha value is -1.16. The molecule has 17 heavy (non-hydrogen) atoms. The second kappa shape index (κ2) is 6.55. The van der Waals surface area contributed by atoms with Crippen molar-refractivity contribution in [2.24, 2.45) is 0 Å². The smallest absolute Gasteiger partial charge is 0.0721 e. The zero-order valence-electron chi connectivity index (χ0n) is 10.0. The van der Waals surface area contributed by atoms with E-state index in [0.29, 0.717) is 13.2 Å². The summed E-state index contributed by atoms with van der Waals surface area (Å²) in [6, 6.07) is 8.70. The molecule has 0 aromatic heterocycles. The molecular weight excluding hydrogens is 214 g/mol. The molecule has 0 fully saturated rings. The summed E-state index contributed by atoms with van der Waals surface area (Å²) in [4.78, 5) is 0. The van der Waals surface area contributed by atoms with Crippen LogP contribution < -0.4 is 5.32 Å². The predicted octanol–water partition coefficient (Wildman–Crippen LogP) is 2.05. The Morgan fingerprint density at radius 2 is 2.35 bits per heavy atom. The van der Waals surface area contributed by atoms with E-state index in [1.54, 1.807) is 6.08 Å². The molecule has 3 nitrogen and oxygen atoms in total. The van der Waals surface area contributed by atoms with Crippen molar-refractivity contribution in [3.63, 3.8) is 0 Å². The second-order valence-corrected chi connectivity index (χ2v) is 4.08. The van der Waals surface area contributed by atoms with Gasteiger partial charge in [-0.3, -0.25) is 0 Å². The molecule has 0 aliphatic carbocycles. The molecule has 1 heterocycles. The Bertz CT molecular complexity index is 365. The molecule has 0 saturated carbocycles. The molecule has 3 heteroatoms. The average Bonchev–Trinajstić information content (AvgIpc) is 2.39. The summed E-state index contributed by atoms with van der Waals surface area (Å²) in [5.74, 6) is 0. The molecule has 0 amide bonds. The van der Waals surface area contributed by atoms with Gasteiger partial charge in [0.15, 0.2) is 0 Å². The van der Waals surface area contributed by atoms with Crippen LogP contribution in [0.4, 0.5) is 0 Å². The normalized spacial score (nSPS) is 18.7. The van der Waals surface area contributed by atoms with Crippen molar-refractivity contribution in [1.29, 1.82) is 0 Å². The Balaban J connectivity index is 1.84.